The molecule has 0 aromatic heterocycles. The van der Waals surface area contributed by atoms with E-state index >= 15 is 0 Å². The zero-order valence-electron chi connectivity index (χ0n) is 14.4. The maximum absolute atomic E-state index is 12.3. The van der Waals surface area contributed by atoms with Crippen LogP contribution in [0.2, 0.25) is 0 Å². The number of nitrogens with one attached hydrogen (secondary N) is 3. The summed E-state index contributed by atoms with van der Waals surface area (Å²) in [6.45, 7) is 1.80. The Morgan fingerprint density at radius 1 is 0.923 bits per heavy atom. The molecule has 0 bridgehead atoms. The Kier molecular flexibility index (Phi) is 9.84. The van der Waals surface area contributed by atoms with Gasteiger partial charge in [0.2, 0.25) is 17.7 Å². The van der Waals surface area contributed by atoms with E-state index < -0.39 is 73.3 Å². The molecule has 0 heterocycles. The summed E-state index contributed by atoms with van der Waals surface area (Å²) in [5.41, 5.74) is 5.30. The molecule has 12 heteroatoms. The molecule has 26 heavy (non-hydrogen) atoms. The van der Waals surface area contributed by atoms with Crippen LogP contribution in [0.1, 0.15) is 20.3 Å². The average Bonchev–Trinajstić information content (AvgIpc) is 2.54. The van der Waals surface area contributed by atoms with Gasteiger partial charge in [-0.25, -0.2) is 0 Å². The van der Waals surface area contributed by atoms with E-state index in [1.54, 1.807) is 13.8 Å². The summed E-state index contributed by atoms with van der Waals surface area (Å²) in [4.78, 5) is 57.4. The van der Waals surface area contributed by atoms with Gasteiger partial charge in [0.15, 0.2) is 0 Å². The van der Waals surface area contributed by atoms with Crippen LogP contribution in [-0.4, -0.2) is 76.3 Å². The molecule has 0 aliphatic heterocycles. The van der Waals surface area contributed by atoms with Crippen LogP contribution in [-0.2, 0) is 24.0 Å². The molecule has 0 aliphatic rings. The highest BCUT2D eigenvalue weighted by Gasteiger charge is 2.31. The SMILES string of the molecule is CC(C)C(NC(=O)C(CC(=O)O)NC(=O)C(N)CO)C(=O)NCC(=O)O. The van der Waals surface area contributed by atoms with Crippen molar-refractivity contribution in [2.24, 2.45) is 11.7 Å². The Bertz CT molecular complexity index is 551. The van der Waals surface area contributed by atoms with Gasteiger partial charge in [0.05, 0.1) is 13.0 Å². The first-order chi connectivity index (χ1) is 12.0. The minimum atomic E-state index is -1.54. The molecule has 12 nitrogen and oxygen atoms in total. The first kappa shape index (κ1) is 23.3. The number of carbonyl (C=O) groups excluding carboxylic acids is 3. The molecule has 0 radical (unpaired) electrons. The van der Waals surface area contributed by atoms with Crippen molar-refractivity contribution in [3.63, 3.8) is 0 Å². The molecule has 3 unspecified atom stereocenters. The van der Waals surface area contributed by atoms with Crippen molar-refractivity contribution in [2.75, 3.05) is 13.2 Å². The van der Waals surface area contributed by atoms with Crippen LogP contribution >= 0.6 is 0 Å². The van der Waals surface area contributed by atoms with E-state index in [1.807, 2.05) is 0 Å². The lowest BCUT2D eigenvalue weighted by Crippen LogP contribution is -2.58. The molecule has 0 aromatic carbocycles. The largest absolute Gasteiger partial charge is 0.481 e. The molecule has 3 amide bonds. The molecule has 8 N–H and O–H groups in total. The van der Waals surface area contributed by atoms with Gasteiger partial charge < -0.3 is 37.0 Å². The lowest BCUT2D eigenvalue weighted by molar-refractivity contribution is -0.142. The zero-order valence-corrected chi connectivity index (χ0v) is 14.4. The average molecular weight is 376 g/mol. The van der Waals surface area contributed by atoms with Crippen molar-refractivity contribution in [3.8, 4) is 0 Å². The van der Waals surface area contributed by atoms with E-state index in [1.165, 1.54) is 0 Å². The van der Waals surface area contributed by atoms with E-state index in [-0.39, 0.29) is 0 Å². The Hall–Kier alpha value is -2.73. The van der Waals surface area contributed by atoms with Gasteiger partial charge in [-0.15, -0.1) is 0 Å². The van der Waals surface area contributed by atoms with Gasteiger partial charge in [0.1, 0.15) is 24.7 Å². The normalized spacial score (nSPS) is 14.0. The van der Waals surface area contributed by atoms with Gasteiger partial charge in [0.25, 0.3) is 0 Å². The van der Waals surface area contributed by atoms with Crippen LogP contribution in [0.5, 0.6) is 0 Å². The van der Waals surface area contributed by atoms with Crippen LogP contribution in [0.25, 0.3) is 0 Å². The van der Waals surface area contributed by atoms with Gasteiger partial charge >= 0.3 is 11.9 Å². The number of hydrogen-bond donors (Lipinski definition) is 7. The minimum Gasteiger partial charge on any atom is -0.481 e. The molecular formula is C14H24N4O8. The Morgan fingerprint density at radius 2 is 1.50 bits per heavy atom. The van der Waals surface area contributed by atoms with Crippen LogP contribution in [0.3, 0.4) is 0 Å². The van der Waals surface area contributed by atoms with Gasteiger partial charge in [-0.05, 0) is 5.92 Å². The van der Waals surface area contributed by atoms with Gasteiger partial charge in [-0.1, -0.05) is 13.8 Å². The zero-order chi connectivity index (χ0) is 20.4. The van der Waals surface area contributed by atoms with Gasteiger partial charge in [-0.2, -0.15) is 0 Å². The molecule has 0 saturated carbocycles. The fourth-order valence-electron chi connectivity index (χ4n) is 1.81. The first-order valence-corrected chi connectivity index (χ1v) is 7.68. The Labute approximate surface area is 149 Å². The molecule has 0 fully saturated rings. The molecule has 0 spiro atoms. The Morgan fingerprint density at radius 3 is 1.92 bits per heavy atom. The number of carboxylic acids is 2. The van der Waals surface area contributed by atoms with Crippen molar-refractivity contribution in [2.45, 2.75) is 38.4 Å². The third-order valence-electron chi connectivity index (χ3n) is 3.21. The summed E-state index contributed by atoms with van der Waals surface area (Å²) in [6, 6.07) is -4.04. The predicted molar refractivity (Wildman–Crippen MR) is 86.7 cm³/mol. The number of aliphatic hydroxyl groups excluding tert-OH is 1. The second-order valence-electron chi connectivity index (χ2n) is 5.79. The van der Waals surface area contributed by atoms with Crippen LogP contribution < -0.4 is 21.7 Å². The third-order valence-corrected chi connectivity index (χ3v) is 3.21. The lowest BCUT2D eigenvalue weighted by Gasteiger charge is -2.25. The monoisotopic (exact) mass is 376 g/mol. The number of aliphatic hydroxyl groups is 1. The topological polar surface area (TPSA) is 208 Å². The lowest BCUT2D eigenvalue weighted by atomic mass is 10.0. The fraction of sp³-hybridized carbons (Fsp3) is 0.643. The predicted octanol–water partition coefficient (Wildman–Crippen LogP) is -3.39. The van der Waals surface area contributed by atoms with E-state index in [2.05, 4.69) is 16.0 Å². The maximum Gasteiger partial charge on any atom is 0.322 e. The molecule has 0 aromatic rings. The summed E-state index contributed by atoms with van der Waals surface area (Å²) < 4.78 is 0. The van der Waals surface area contributed by atoms with Crippen molar-refractivity contribution in [1.29, 1.82) is 0 Å². The summed E-state index contributed by atoms with van der Waals surface area (Å²) in [5.74, 6) is -5.79. The summed E-state index contributed by atoms with van der Waals surface area (Å²) in [5, 5.41) is 32.8. The molecular weight excluding hydrogens is 352 g/mol. The highest BCUT2D eigenvalue weighted by Crippen LogP contribution is 2.04. The molecule has 0 rings (SSSR count). The second-order valence-corrected chi connectivity index (χ2v) is 5.79. The number of rotatable bonds is 11. The maximum atomic E-state index is 12.3. The smallest absolute Gasteiger partial charge is 0.322 e. The molecule has 3 atom stereocenters. The first-order valence-electron chi connectivity index (χ1n) is 7.68. The number of hydrogen-bond acceptors (Lipinski definition) is 7. The number of carbonyl (C=O) groups is 5. The Balaban J connectivity index is 5.15. The van der Waals surface area contributed by atoms with E-state index in [4.69, 9.17) is 21.1 Å². The van der Waals surface area contributed by atoms with E-state index in [0.717, 1.165) is 0 Å². The van der Waals surface area contributed by atoms with Crippen LogP contribution in [0.4, 0.5) is 0 Å². The van der Waals surface area contributed by atoms with Crippen molar-refractivity contribution in [3.05, 3.63) is 0 Å². The van der Waals surface area contributed by atoms with E-state index in [9.17, 15) is 24.0 Å². The number of carboxylic acid groups (broad SMARTS) is 2. The fourth-order valence-corrected chi connectivity index (χ4v) is 1.81. The number of aliphatic carboxylic acids is 2. The van der Waals surface area contributed by atoms with Gasteiger partial charge in [0, 0.05) is 0 Å². The summed E-state index contributed by atoms with van der Waals surface area (Å²) >= 11 is 0. The standard InChI is InChI=1S/C14H24N4O8/c1-6(2)11(14(26)16-4-10(22)23)18-13(25)8(3-9(20)21)17-12(24)7(15)5-19/h6-8,11,19H,3-5,15H2,1-2H3,(H,16,26)(H,17,24)(H,18,25)(H,20,21)(H,22,23). The van der Waals surface area contributed by atoms with Crippen molar-refractivity contribution >= 4 is 29.7 Å². The summed E-state index contributed by atoms with van der Waals surface area (Å²) in [7, 11) is 0. The quantitative estimate of drug-likeness (QED) is 0.191. The molecule has 0 aliphatic carbocycles. The van der Waals surface area contributed by atoms with Crippen LogP contribution in [0, 0.1) is 5.92 Å². The second kappa shape index (κ2) is 11.0. The third kappa shape index (κ3) is 8.39. The highest BCUT2D eigenvalue weighted by molar-refractivity contribution is 5.95. The van der Waals surface area contributed by atoms with Gasteiger partial charge in [-0.3, -0.25) is 24.0 Å². The van der Waals surface area contributed by atoms with Crippen molar-refractivity contribution in [1.82, 2.24) is 16.0 Å². The summed E-state index contributed by atoms with van der Waals surface area (Å²) in [6.07, 6.45) is -0.780. The number of amides is 3. The van der Waals surface area contributed by atoms with Crippen LogP contribution in [0.15, 0.2) is 0 Å². The van der Waals surface area contributed by atoms with E-state index in [0.29, 0.717) is 0 Å². The molecule has 148 valence electrons. The molecule has 0 saturated heterocycles. The highest BCUT2D eigenvalue weighted by atomic mass is 16.4. The number of nitrogens with two attached hydrogens (primary N) is 1. The minimum absolute atomic E-state index is 0.450. The van der Waals surface area contributed by atoms with Crippen molar-refractivity contribution < 1.29 is 39.3 Å².